The van der Waals surface area contributed by atoms with Gasteiger partial charge in [-0.25, -0.2) is 4.79 Å². The van der Waals surface area contributed by atoms with Crippen molar-refractivity contribution >= 4 is 35.8 Å². The summed E-state index contributed by atoms with van der Waals surface area (Å²) in [6.07, 6.45) is 0.976. The maximum atomic E-state index is 11.7. The van der Waals surface area contributed by atoms with Gasteiger partial charge >= 0.3 is 29.8 Å². The van der Waals surface area contributed by atoms with Crippen LogP contribution in [0, 0.1) is 0 Å². The second-order valence-corrected chi connectivity index (χ2v) is 4.31. The van der Waals surface area contributed by atoms with Crippen LogP contribution in [0.4, 0.5) is 0 Å². The molecule has 0 saturated heterocycles. The smallest absolute Gasteiger partial charge is 0.349 e. The molecule has 13 heteroatoms. The summed E-state index contributed by atoms with van der Waals surface area (Å²) in [7, 11) is 0. The van der Waals surface area contributed by atoms with Gasteiger partial charge < -0.3 is 30.2 Å². The number of amides is 1. The van der Waals surface area contributed by atoms with Gasteiger partial charge in [0.2, 0.25) is 5.91 Å². The van der Waals surface area contributed by atoms with Crippen molar-refractivity contribution in [3.05, 3.63) is 12.2 Å². The zero-order chi connectivity index (χ0) is 19.6. The third-order valence-electron chi connectivity index (χ3n) is 2.17. The number of carboxylic acids is 4. The molecule has 0 heterocycles. The lowest BCUT2D eigenvalue weighted by atomic mass is 10.4. The van der Waals surface area contributed by atoms with Crippen molar-refractivity contribution < 1.29 is 54.0 Å². The Morgan fingerprint density at radius 3 is 1.44 bits per heavy atom. The number of aliphatic carboxylic acids is 4. The minimum atomic E-state index is -1.49. The summed E-state index contributed by atoms with van der Waals surface area (Å²) in [6, 6.07) is 0. The molecule has 0 radical (unpaired) electrons. The number of hydrogen-bond donors (Lipinski definition) is 4. The van der Waals surface area contributed by atoms with Crippen LogP contribution in [0.3, 0.4) is 0 Å². The molecule has 0 aliphatic carbocycles. The molecule has 0 atom stereocenters. The van der Waals surface area contributed by atoms with Crippen molar-refractivity contribution in [3.8, 4) is 0 Å². The largest absolute Gasteiger partial charge is 0.480 e. The summed E-state index contributed by atoms with van der Waals surface area (Å²) in [5.74, 6) is -8.39. The molecule has 0 aliphatic heterocycles. The topological polar surface area (TPSA) is 199 Å². The van der Waals surface area contributed by atoms with Crippen LogP contribution in [0.25, 0.3) is 0 Å². The first-order chi connectivity index (χ1) is 11.5. The fourth-order valence-corrected chi connectivity index (χ4v) is 1.36. The van der Waals surface area contributed by atoms with Crippen LogP contribution >= 0.6 is 0 Å². The number of carboxylic acid groups (broad SMARTS) is 4. The summed E-state index contributed by atoms with van der Waals surface area (Å²) in [5, 5.41) is 34.6. The van der Waals surface area contributed by atoms with E-state index >= 15 is 0 Å². The molecule has 0 unspecified atom stereocenters. The quantitative estimate of drug-likeness (QED) is 0.222. The molecule has 0 aromatic heterocycles. The summed E-state index contributed by atoms with van der Waals surface area (Å²) >= 11 is 0. The Hall–Kier alpha value is -3.48. The van der Waals surface area contributed by atoms with E-state index in [1.807, 2.05) is 0 Å². The summed E-state index contributed by atoms with van der Waals surface area (Å²) in [5.41, 5.74) is 0. The molecular formula is C12H14N2O11. The predicted molar refractivity (Wildman–Crippen MR) is 73.9 cm³/mol. The average molecular weight is 362 g/mol. The first-order valence-electron chi connectivity index (χ1n) is 6.32. The Labute approximate surface area is 139 Å². The maximum absolute atomic E-state index is 11.7. The fourth-order valence-electron chi connectivity index (χ4n) is 1.36. The third kappa shape index (κ3) is 10.8. The number of nitrogens with zero attached hydrogens (tertiary/aromatic N) is 2. The normalized spacial score (nSPS) is 10.4. The van der Waals surface area contributed by atoms with Gasteiger partial charge in [0.05, 0.1) is 0 Å². The van der Waals surface area contributed by atoms with E-state index < -0.39 is 61.9 Å². The predicted octanol–water partition coefficient (Wildman–Crippen LogP) is -2.53. The molecule has 4 N–H and O–H groups in total. The van der Waals surface area contributed by atoms with Crippen molar-refractivity contribution in [1.29, 1.82) is 0 Å². The van der Waals surface area contributed by atoms with Crippen molar-refractivity contribution in [3.63, 3.8) is 0 Å². The molecule has 0 saturated carbocycles. The van der Waals surface area contributed by atoms with Gasteiger partial charge in [0.15, 0.2) is 0 Å². The highest BCUT2D eigenvalue weighted by atomic mass is 16.7. The van der Waals surface area contributed by atoms with E-state index in [9.17, 15) is 28.8 Å². The Morgan fingerprint density at radius 2 is 1.08 bits per heavy atom. The zero-order valence-electron chi connectivity index (χ0n) is 12.5. The molecule has 0 aromatic rings. The minimum absolute atomic E-state index is 0.300. The highest BCUT2D eigenvalue weighted by Crippen LogP contribution is 1.96. The molecule has 0 fully saturated rings. The Bertz CT molecular complexity index is 566. The molecule has 1 amide bonds. The van der Waals surface area contributed by atoms with Crippen molar-refractivity contribution in [1.82, 2.24) is 9.96 Å². The van der Waals surface area contributed by atoms with Gasteiger partial charge in [-0.15, -0.1) is 5.06 Å². The van der Waals surface area contributed by atoms with E-state index in [2.05, 4.69) is 4.84 Å². The fraction of sp³-hybridized carbons (Fsp3) is 0.333. The van der Waals surface area contributed by atoms with Crippen molar-refractivity contribution in [2.45, 2.75) is 0 Å². The lowest BCUT2D eigenvalue weighted by Gasteiger charge is -2.17. The number of carbonyl (C=O) groups excluding carboxylic acids is 2. The van der Waals surface area contributed by atoms with Gasteiger partial charge in [-0.05, 0) is 0 Å². The molecule has 138 valence electrons. The molecule has 0 spiro atoms. The lowest BCUT2D eigenvalue weighted by molar-refractivity contribution is -0.191. The van der Waals surface area contributed by atoms with E-state index in [1.54, 1.807) is 0 Å². The second kappa shape index (κ2) is 10.3. The molecule has 0 aliphatic rings. The molecule has 0 bridgehead atoms. The molecule has 25 heavy (non-hydrogen) atoms. The van der Waals surface area contributed by atoms with Crippen LogP contribution in [0.5, 0.6) is 0 Å². The Balaban J connectivity index is 4.88. The monoisotopic (exact) mass is 362 g/mol. The van der Waals surface area contributed by atoms with E-state index in [0.29, 0.717) is 22.1 Å². The van der Waals surface area contributed by atoms with E-state index in [4.69, 9.17) is 20.4 Å². The first kappa shape index (κ1) is 21.5. The van der Waals surface area contributed by atoms with Crippen LogP contribution in [0.15, 0.2) is 12.2 Å². The summed E-state index contributed by atoms with van der Waals surface area (Å²) < 4.78 is 0. The summed E-state index contributed by atoms with van der Waals surface area (Å²) in [4.78, 5) is 70.1. The molecule has 13 nitrogen and oxygen atoms in total. The number of rotatable bonds is 11. The summed E-state index contributed by atoms with van der Waals surface area (Å²) in [6.45, 7) is -3.75. The van der Waals surface area contributed by atoms with Crippen molar-refractivity contribution in [2.75, 3.05) is 26.2 Å². The number of carbonyl (C=O) groups is 6. The molecule has 0 aromatic carbocycles. The molecular weight excluding hydrogens is 348 g/mol. The van der Waals surface area contributed by atoms with Gasteiger partial charge in [-0.3, -0.25) is 24.0 Å². The standard InChI is InChI=1S/C12H14N2O11/c15-7(13(3-8(16)17)4-9(18)19)1-2-12(24)25-14(5-10(20)21)6-11(22)23/h1-2H,3-6H2,(H,16,17)(H,18,19)(H,20,21)(H,22,23)/b2-1-. The highest BCUT2D eigenvalue weighted by Gasteiger charge is 2.19. The van der Waals surface area contributed by atoms with Gasteiger partial charge in [-0.1, -0.05) is 0 Å². The highest BCUT2D eigenvalue weighted by molar-refractivity contribution is 5.97. The second-order valence-electron chi connectivity index (χ2n) is 4.31. The number of hydroxylamine groups is 2. The van der Waals surface area contributed by atoms with Gasteiger partial charge in [-0.2, -0.15) is 0 Å². The van der Waals surface area contributed by atoms with Gasteiger partial charge in [0, 0.05) is 12.2 Å². The average Bonchev–Trinajstić information content (AvgIpc) is 2.41. The SMILES string of the molecule is O=C(O)CN(CC(=O)O)OC(=O)/C=C\C(=O)N(CC(=O)O)CC(=O)O. The molecule has 0 rings (SSSR count). The van der Waals surface area contributed by atoms with Crippen LogP contribution in [0.2, 0.25) is 0 Å². The van der Waals surface area contributed by atoms with Crippen LogP contribution in [0.1, 0.15) is 0 Å². The van der Waals surface area contributed by atoms with E-state index in [0.717, 1.165) is 0 Å². The minimum Gasteiger partial charge on any atom is -0.480 e. The third-order valence-corrected chi connectivity index (χ3v) is 2.17. The maximum Gasteiger partial charge on any atom is 0.349 e. The Kier molecular flexibility index (Phi) is 8.89. The van der Waals surface area contributed by atoms with Gasteiger partial charge in [0.1, 0.15) is 26.2 Å². The van der Waals surface area contributed by atoms with Crippen LogP contribution < -0.4 is 0 Å². The van der Waals surface area contributed by atoms with E-state index in [1.165, 1.54) is 0 Å². The lowest BCUT2D eigenvalue weighted by Crippen LogP contribution is -2.38. The van der Waals surface area contributed by atoms with E-state index in [-0.39, 0.29) is 0 Å². The van der Waals surface area contributed by atoms with Crippen LogP contribution in [-0.2, 0) is 33.6 Å². The zero-order valence-corrected chi connectivity index (χ0v) is 12.5. The van der Waals surface area contributed by atoms with Crippen molar-refractivity contribution in [2.24, 2.45) is 0 Å². The van der Waals surface area contributed by atoms with Crippen LogP contribution in [-0.4, -0.2) is 92.3 Å². The first-order valence-corrected chi connectivity index (χ1v) is 6.32. The number of hydrogen-bond acceptors (Lipinski definition) is 8. The Morgan fingerprint density at radius 1 is 0.680 bits per heavy atom. The van der Waals surface area contributed by atoms with Gasteiger partial charge in [0.25, 0.3) is 0 Å².